The summed E-state index contributed by atoms with van der Waals surface area (Å²) < 4.78 is 5.67. The van der Waals surface area contributed by atoms with Crippen LogP contribution in [-0.2, 0) is 0 Å². The van der Waals surface area contributed by atoms with E-state index in [1.807, 2.05) is 25.1 Å². The number of benzene rings is 1. The zero-order chi connectivity index (χ0) is 12.2. The first-order chi connectivity index (χ1) is 7.40. The van der Waals surface area contributed by atoms with Crippen molar-refractivity contribution in [1.29, 1.82) is 0 Å². The van der Waals surface area contributed by atoms with Crippen molar-refractivity contribution in [2.75, 3.05) is 13.2 Å². The van der Waals surface area contributed by atoms with E-state index < -0.39 is 0 Å². The molecule has 2 nitrogen and oxygen atoms in total. The van der Waals surface area contributed by atoms with Crippen molar-refractivity contribution in [2.24, 2.45) is 0 Å². The highest BCUT2D eigenvalue weighted by Gasteiger charge is 2.08. The SMILES string of the molecule is Cc1cccc(Cl)c1OCCNC(C)(C)C. The number of aryl methyl sites for hydroxylation is 1. The number of hydrogen-bond donors (Lipinski definition) is 1. The van der Waals surface area contributed by atoms with Crippen molar-refractivity contribution in [2.45, 2.75) is 33.2 Å². The van der Waals surface area contributed by atoms with Crippen LogP contribution in [0.2, 0.25) is 5.02 Å². The van der Waals surface area contributed by atoms with Gasteiger partial charge in [-0.15, -0.1) is 0 Å². The van der Waals surface area contributed by atoms with E-state index in [1.165, 1.54) is 0 Å². The molecule has 0 spiro atoms. The van der Waals surface area contributed by atoms with E-state index in [1.54, 1.807) is 0 Å². The summed E-state index contributed by atoms with van der Waals surface area (Å²) in [6.45, 7) is 9.84. The van der Waals surface area contributed by atoms with Crippen molar-refractivity contribution in [1.82, 2.24) is 5.32 Å². The molecule has 0 aliphatic rings. The molecule has 0 saturated heterocycles. The van der Waals surface area contributed by atoms with Gasteiger partial charge in [0.1, 0.15) is 12.4 Å². The lowest BCUT2D eigenvalue weighted by Crippen LogP contribution is -2.38. The maximum absolute atomic E-state index is 6.05. The van der Waals surface area contributed by atoms with E-state index in [4.69, 9.17) is 16.3 Å². The maximum atomic E-state index is 6.05. The zero-order valence-corrected chi connectivity index (χ0v) is 11.2. The van der Waals surface area contributed by atoms with Crippen molar-refractivity contribution >= 4 is 11.6 Å². The molecular formula is C13H20ClNO. The van der Waals surface area contributed by atoms with Crippen LogP contribution in [0.1, 0.15) is 26.3 Å². The monoisotopic (exact) mass is 241 g/mol. The molecule has 3 heteroatoms. The Balaban J connectivity index is 2.43. The van der Waals surface area contributed by atoms with Crippen LogP contribution in [-0.4, -0.2) is 18.7 Å². The van der Waals surface area contributed by atoms with Crippen molar-refractivity contribution in [3.63, 3.8) is 0 Å². The fourth-order valence-corrected chi connectivity index (χ4v) is 1.65. The third-order valence-corrected chi connectivity index (χ3v) is 2.47. The van der Waals surface area contributed by atoms with Gasteiger partial charge in [0.25, 0.3) is 0 Å². The Labute approximate surface area is 103 Å². The van der Waals surface area contributed by atoms with Crippen LogP contribution in [0, 0.1) is 6.92 Å². The molecule has 0 aliphatic heterocycles. The van der Waals surface area contributed by atoms with Crippen LogP contribution in [0.3, 0.4) is 0 Å². The summed E-state index contributed by atoms with van der Waals surface area (Å²) >= 11 is 6.05. The van der Waals surface area contributed by atoms with Crippen LogP contribution < -0.4 is 10.1 Å². The number of para-hydroxylation sites is 1. The van der Waals surface area contributed by atoms with Crippen LogP contribution in [0.15, 0.2) is 18.2 Å². The first-order valence-electron chi connectivity index (χ1n) is 5.53. The molecule has 0 fully saturated rings. The van der Waals surface area contributed by atoms with Gasteiger partial charge in [-0.1, -0.05) is 23.7 Å². The van der Waals surface area contributed by atoms with Gasteiger partial charge in [-0.2, -0.15) is 0 Å². The smallest absolute Gasteiger partial charge is 0.140 e. The predicted molar refractivity (Wildman–Crippen MR) is 69.4 cm³/mol. The average molecular weight is 242 g/mol. The Kier molecular flexibility index (Phi) is 4.63. The first-order valence-corrected chi connectivity index (χ1v) is 5.91. The topological polar surface area (TPSA) is 21.3 Å². The second kappa shape index (κ2) is 5.55. The largest absolute Gasteiger partial charge is 0.490 e. The molecule has 0 unspecified atom stereocenters. The highest BCUT2D eigenvalue weighted by molar-refractivity contribution is 6.32. The van der Waals surface area contributed by atoms with E-state index in [9.17, 15) is 0 Å². The quantitative estimate of drug-likeness (QED) is 0.816. The van der Waals surface area contributed by atoms with Gasteiger partial charge >= 0.3 is 0 Å². The third-order valence-electron chi connectivity index (χ3n) is 2.17. The molecule has 0 saturated carbocycles. The first kappa shape index (κ1) is 13.3. The summed E-state index contributed by atoms with van der Waals surface area (Å²) in [5, 5.41) is 4.04. The Hall–Kier alpha value is -0.730. The number of halogens is 1. The van der Waals surface area contributed by atoms with E-state index in [2.05, 4.69) is 26.1 Å². The number of rotatable bonds is 4. The standard InChI is InChI=1S/C13H20ClNO/c1-10-6-5-7-11(14)12(10)16-9-8-15-13(2,3)4/h5-7,15H,8-9H2,1-4H3. The summed E-state index contributed by atoms with van der Waals surface area (Å²) in [6, 6.07) is 5.78. The Morgan fingerprint density at radius 3 is 2.56 bits per heavy atom. The molecule has 1 aromatic rings. The van der Waals surface area contributed by atoms with Gasteiger partial charge in [0.05, 0.1) is 5.02 Å². The molecule has 1 N–H and O–H groups in total. The zero-order valence-electron chi connectivity index (χ0n) is 10.4. The molecule has 0 amide bonds. The lowest BCUT2D eigenvalue weighted by Gasteiger charge is -2.20. The minimum absolute atomic E-state index is 0.124. The van der Waals surface area contributed by atoms with Gasteiger partial charge in [-0.05, 0) is 39.3 Å². The molecule has 90 valence electrons. The second-order valence-electron chi connectivity index (χ2n) is 4.91. The highest BCUT2D eigenvalue weighted by Crippen LogP contribution is 2.27. The molecular weight excluding hydrogens is 222 g/mol. The normalized spacial score (nSPS) is 11.6. The van der Waals surface area contributed by atoms with E-state index in [0.717, 1.165) is 17.9 Å². The van der Waals surface area contributed by atoms with Gasteiger partial charge in [0.2, 0.25) is 0 Å². The van der Waals surface area contributed by atoms with Crippen LogP contribution in [0.25, 0.3) is 0 Å². The van der Waals surface area contributed by atoms with Crippen molar-refractivity contribution in [3.05, 3.63) is 28.8 Å². The van der Waals surface area contributed by atoms with Crippen LogP contribution in [0.5, 0.6) is 5.75 Å². The lowest BCUT2D eigenvalue weighted by molar-refractivity contribution is 0.289. The molecule has 0 bridgehead atoms. The van der Waals surface area contributed by atoms with E-state index in [0.29, 0.717) is 11.6 Å². The predicted octanol–water partition coefficient (Wildman–Crippen LogP) is 3.42. The Morgan fingerprint density at radius 1 is 1.31 bits per heavy atom. The van der Waals surface area contributed by atoms with Gasteiger partial charge in [0.15, 0.2) is 0 Å². The molecule has 1 aromatic carbocycles. The maximum Gasteiger partial charge on any atom is 0.140 e. The van der Waals surface area contributed by atoms with Crippen molar-refractivity contribution < 1.29 is 4.74 Å². The summed E-state index contributed by atoms with van der Waals surface area (Å²) in [5.41, 5.74) is 1.20. The van der Waals surface area contributed by atoms with E-state index >= 15 is 0 Å². The average Bonchev–Trinajstić information content (AvgIpc) is 2.14. The van der Waals surface area contributed by atoms with Gasteiger partial charge in [0, 0.05) is 12.1 Å². The van der Waals surface area contributed by atoms with Crippen LogP contribution >= 0.6 is 11.6 Å². The summed E-state index contributed by atoms with van der Waals surface area (Å²) in [5.74, 6) is 0.792. The molecule has 0 atom stereocenters. The molecule has 0 aliphatic carbocycles. The highest BCUT2D eigenvalue weighted by atomic mass is 35.5. The molecule has 1 rings (SSSR count). The lowest BCUT2D eigenvalue weighted by atomic mass is 10.1. The number of hydrogen-bond acceptors (Lipinski definition) is 2. The summed E-state index contributed by atoms with van der Waals surface area (Å²) in [4.78, 5) is 0. The van der Waals surface area contributed by atoms with E-state index in [-0.39, 0.29) is 5.54 Å². The second-order valence-corrected chi connectivity index (χ2v) is 5.32. The van der Waals surface area contributed by atoms with Crippen LogP contribution in [0.4, 0.5) is 0 Å². The molecule has 0 radical (unpaired) electrons. The number of ether oxygens (including phenoxy) is 1. The number of nitrogens with one attached hydrogen (secondary N) is 1. The Bertz CT molecular complexity index is 324. The molecule has 0 aromatic heterocycles. The fraction of sp³-hybridized carbons (Fsp3) is 0.538. The van der Waals surface area contributed by atoms with Gasteiger partial charge in [-0.25, -0.2) is 0 Å². The van der Waals surface area contributed by atoms with Gasteiger partial charge < -0.3 is 10.1 Å². The Morgan fingerprint density at radius 2 is 2.00 bits per heavy atom. The molecule has 0 heterocycles. The molecule has 16 heavy (non-hydrogen) atoms. The third kappa shape index (κ3) is 4.42. The summed E-state index contributed by atoms with van der Waals surface area (Å²) in [6.07, 6.45) is 0. The summed E-state index contributed by atoms with van der Waals surface area (Å²) in [7, 11) is 0. The minimum atomic E-state index is 0.124. The van der Waals surface area contributed by atoms with Gasteiger partial charge in [-0.3, -0.25) is 0 Å². The van der Waals surface area contributed by atoms with Crippen molar-refractivity contribution in [3.8, 4) is 5.75 Å². The fourth-order valence-electron chi connectivity index (χ4n) is 1.38. The minimum Gasteiger partial charge on any atom is -0.490 e.